The lowest BCUT2D eigenvalue weighted by Crippen LogP contribution is -2.43. The molecule has 2 aliphatic heterocycles. The summed E-state index contributed by atoms with van der Waals surface area (Å²) in [6, 6.07) is 27.4. The van der Waals surface area contributed by atoms with Gasteiger partial charge in [-0.05, 0) is 52.6 Å². The van der Waals surface area contributed by atoms with E-state index in [0.29, 0.717) is 17.0 Å². The summed E-state index contributed by atoms with van der Waals surface area (Å²) in [5.74, 6) is -1.02. The predicted octanol–water partition coefficient (Wildman–Crippen LogP) is 6.29. The fraction of sp³-hybridized carbons (Fsp3) is 0.161. The van der Waals surface area contributed by atoms with Gasteiger partial charge in [0.1, 0.15) is 12.1 Å². The zero-order valence-corrected chi connectivity index (χ0v) is 23.0. The van der Waals surface area contributed by atoms with E-state index in [2.05, 4.69) is 11.4 Å². The van der Waals surface area contributed by atoms with Gasteiger partial charge in [0.05, 0.1) is 21.8 Å². The van der Waals surface area contributed by atoms with Crippen LogP contribution in [-0.2, 0) is 15.1 Å². The highest BCUT2D eigenvalue weighted by molar-refractivity contribution is 6.42. The van der Waals surface area contributed by atoms with Gasteiger partial charge >= 0.3 is 6.03 Å². The summed E-state index contributed by atoms with van der Waals surface area (Å²) in [5.41, 5.74) is 1.65. The maximum Gasteiger partial charge on any atom is 0.325 e. The molecular formula is C31H24Cl2N4O3. The van der Waals surface area contributed by atoms with Gasteiger partial charge in [-0.3, -0.25) is 14.5 Å². The van der Waals surface area contributed by atoms with Crippen LogP contribution in [0.2, 0.25) is 10.0 Å². The van der Waals surface area contributed by atoms with Crippen LogP contribution in [0.15, 0.2) is 96.1 Å². The van der Waals surface area contributed by atoms with Gasteiger partial charge in [0.25, 0.3) is 11.8 Å². The molecule has 2 atom stereocenters. The van der Waals surface area contributed by atoms with Crippen molar-refractivity contribution in [1.82, 2.24) is 15.2 Å². The summed E-state index contributed by atoms with van der Waals surface area (Å²) in [6.07, 6.45) is 0.495. The van der Waals surface area contributed by atoms with Gasteiger partial charge in [0, 0.05) is 6.42 Å². The van der Waals surface area contributed by atoms with E-state index >= 15 is 0 Å². The molecule has 0 bridgehead atoms. The largest absolute Gasteiger partial charge is 0.325 e. The van der Waals surface area contributed by atoms with E-state index in [9.17, 15) is 14.4 Å². The van der Waals surface area contributed by atoms with Crippen LogP contribution in [-0.4, -0.2) is 40.0 Å². The summed E-state index contributed by atoms with van der Waals surface area (Å²) in [6.45, 7) is 1.12. The molecule has 1 fully saturated rings. The number of urea groups is 1. The molecule has 200 valence electrons. The Labute approximate surface area is 241 Å². The van der Waals surface area contributed by atoms with E-state index in [0.717, 1.165) is 32.5 Å². The standard InChI is InChI=1S/C31H24Cl2N4O3/c1-31(23-13-14-24(32)25(33)16-23)29(39)36(30(40)34-31)18-28(38)37-27(20-8-3-2-4-9-20)17-26(35-37)22-12-11-19-7-5-6-10-21(19)15-22/h2-16,27H,17-18H2,1H3,(H,34,40)/t27-,31-/m1/s1. The minimum absolute atomic E-state index is 0.260. The first-order chi connectivity index (χ1) is 19.2. The van der Waals surface area contributed by atoms with Gasteiger partial charge < -0.3 is 5.32 Å². The van der Waals surface area contributed by atoms with Crippen molar-refractivity contribution in [1.29, 1.82) is 0 Å². The Bertz CT molecular complexity index is 1710. The molecule has 4 amide bonds. The number of hydrazone groups is 1. The topological polar surface area (TPSA) is 82.1 Å². The van der Waals surface area contributed by atoms with Crippen LogP contribution >= 0.6 is 23.2 Å². The number of nitrogens with zero attached hydrogens (tertiary/aromatic N) is 3. The van der Waals surface area contributed by atoms with Crippen LogP contribution in [0.1, 0.15) is 36.1 Å². The zero-order valence-electron chi connectivity index (χ0n) is 21.5. The Morgan fingerprint density at radius 3 is 2.40 bits per heavy atom. The monoisotopic (exact) mass is 570 g/mol. The molecule has 9 heteroatoms. The maximum atomic E-state index is 13.7. The first-order valence-corrected chi connectivity index (χ1v) is 13.5. The number of amides is 4. The highest BCUT2D eigenvalue weighted by atomic mass is 35.5. The Hall–Kier alpha value is -4.20. The van der Waals surface area contributed by atoms with Crippen molar-refractivity contribution < 1.29 is 14.4 Å². The summed E-state index contributed by atoms with van der Waals surface area (Å²) < 4.78 is 0. The van der Waals surface area contributed by atoms with Gasteiger partial charge in [-0.1, -0.05) is 96.0 Å². The number of benzene rings is 4. The fourth-order valence-corrected chi connectivity index (χ4v) is 5.57. The third-order valence-electron chi connectivity index (χ3n) is 7.50. The van der Waals surface area contributed by atoms with Gasteiger partial charge in [-0.15, -0.1) is 0 Å². The first-order valence-electron chi connectivity index (χ1n) is 12.8. The highest BCUT2D eigenvalue weighted by Crippen LogP contribution is 2.36. The quantitative estimate of drug-likeness (QED) is 0.286. The molecule has 2 aliphatic rings. The van der Waals surface area contributed by atoms with E-state index in [-0.39, 0.29) is 11.1 Å². The van der Waals surface area contributed by atoms with Crippen LogP contribution in [0.4, 0.5) is 4.79 Å². The Balaban J connectivity index is 1.30. The van der Waals surface area contributed by atoms with Crippen LogP contribution in [0.5, 0.6) is 0 Å². The number of hydrogen-bond donors (Lipinski definition) is 1. The van der Waals surface area contributed by atoms with Crippen molar-refractivity contribution in [3.63, 3.8) is 0 Å². The molecule has 2 heterocycles. The molecule has 0 aliphatic carbocycles. The lowest BCUT2D eigenvalue weighted by Gasteiger charge is -2.25. The van der Waals surface area contributed by atoms with Gasteiger partial charge in [-0.2, -0.15) is 5.10 Å². The molecule has 7 nitrogen and oxygen atoms in total. The maximum absolute atomic E-state index is 13.7. The van der Waals surface area contributed by atoms with Crippen LogP contribution in [0.3, 0.4) is 0 Å². The normalized spacial score (nSPS) is 20.7. The SMILES string of the molecule is C[C@]1(c2ccc(Cl)c(Cl)c2)NC(=O)N(CC(=O)N2N=C(c3ccc4ccccc4c3)C[C@@H]2c2ccccc2)C1=O. The Morgan fingerprint density at radius 2 is 1.65 bits per heavy atom. The molecule has 0 saturated carbocycles. The molecule has 40 heavy (non-hydrogen) atoms. The van der Waals surface area contributed by atoms with Crippen molar-refractivity contribution >= 4 is 57.5 Å². The molecule has 0 unspecified atom stereocenters. The summed E-state index contributed by atoms with van der Waals surface area (Å²) in [5, 5.41) is 11.6. The van der Waals surface area contributed by atoms with E-state index < -0.39 is 29.9 Å². The molecule has 0 spiro atoms. The number of fused-ring (bicyclic) bond motifs is 1. The zero-order chi connectivity index (χ0) is 28.0. The Morgan fingerprint density at radius 1 is 0.925 bits per heavy atom. The second-order valence-corrected chi connectivity index (χ2v) is 10.9. The van der Waals surface area contributed by atoms with Gasteiger partial charge in [0.2, 0.25) is 0 Å². The molecule has 0 aromatic heterocycles. The molecule has 1 N–H and O–H groups in total. The number of halogens is 2. The molecule has 4 aromatic rings. The van der Waals surface area contributed by atoms with Crippen LogP contribution < -0.4 is 5.32 Å². The van der Waals surface area contributed by atoms with Crippen molar-refractivity contribution in [3.8, 4) is 0 Å². The summed E-state index contributed by atoms with van der Waals surface area (Å²) in [7, 11) is 0. The average Bonchev–Trinajstić information content (AvgIpc) is 3.51. The van der Waals surface area contributed by atoms with Crippen LogP contribution in [0, 0.1) is 0 Å². The molecule has 1 saturated heterocycles. The number of imide groups is 1. The summed E-state index contributed by atoms with van der Waals surface area (Å²) >= 11 is 12.2. The highest BCUT2D eigenvalue weighted by Gasteiger charge is 2.50. The predicted molar refractivity (Wildman–Crippen MR) is 155 cm³/mol. The number of carbonyl (C=O) groups excluding carboxylic acids is 3. The van der Waals surface area contributed by atoms with Gasteiger partial charge in [-0.25, -0.2) is 9.80 Å². The van der Waals surface area contributed by atoms with Crippen LogP contribution in [0.25, 0.3) is 10.8 Å². The average molecular weight is 571 g/mol. The second-order valence-electron chi connectivity index (χ2n) is 10.1. The van der Waals surface area contributed by atoms with E-state index in [1.54, 1.807) is 25.1 Å². The number of carbonyl (C=O) groups is 3. The van der Waals surface area contributed by atoms with Crippen molar-refractivity contribution in [3.05, 3.63) is 118 Å². The minimum atomic E-state index is -1.39. The third kappa shape index (κ3) is 4.51. The minimum Gasteiger partial charge on any atom is -0.319 e. The second kappa shape index (κ2) is 10.1. The summed E-state index contributed by atoms with van der Waals surface area (Å²) in [4.78, 5) is 41.1. The number of hydrogen-bond acceptors (Lipinski definition) is 4. The van der Waals surface area contributed by atoms with Crippen molar-refractivity contribution in [2.24, 2.45) is 5.10 Å². The van der Waals surface area contributed by atoms with Crippen molar-refractivity contribution in [2.45, 2.75) is 24.9 Å². The van der Waals surface area contributed by atoms with E-state index in [1.807, 2.05) is 66.7 Å². The smallest absolute Gasteiger partial charge is 0.319 e. The fourth-order valence-electron chi connectivity index (χ4n) is 5.27. The van der Waals surface area contributed by atoms with Crippen molar-refractivity contribution in [2.75, 3.05) is 6.54 Å². The Kier molecular flexibility index (Phi) is 6.56. The molecular weight excluding hydrogens is 547 g/mol. The van der Waals surface area contributed by atoms with E-state index in [4.69, 9.17) is 28.3 Å². The lowest BCUT2D eigenvalue weighted by atomic mass is 9.92. The molecule has 0 radical (unpaired) electrons. The number of rotatable bonds is 5. The van der Waals surface area contributed by atoms with E-state index in [1.165, 1.54) is 5.01 Å². The molecule has 4 aromatic carbocycles. The first kappa shape index (κ1) is 26.0. The number of nitrogens with one attached hydrogen (secondary N) is 1. The third-order valence-corrected chi connectivity index (χ3v) is 8.24. The van der Waals surface area contributed by atoms with Gasteiger partial charge in [0.15, 0.2) is 0 Å². The lowest BCUT2D eigenvalue weighted by molar-refractivity contribution is -0.140. The molecule has 6 rings (SSSR count).